The lowest BCUT2D eigenvalue weighted by Gasteiger charge is -2.24. The van der Waals surface area contributed by atoms with Crippen molar-refractivity contribution in [3.8, 4) is 0 Å². The number of carbonyl (C=O) groups is 2. The molecule has 72 heavy (non-hydrogen) atoms. The van der Waals surface area contributed by atoms with Gasteiger partial charge in [-0.15, -0.1) is 0 Å². The summed E-state index contributed by atoms with van der Waals surface area (Å²) < 4.78 is 34.6. The first-order chi connectivity index (χ1) is 35.0. The van der Waals surface area contributed by atoms with Gasteiger partial charge in [0.1, 0.15) is 19.8 Å². The summed E-state index contributed by atoms with van der Waals surface area (Å²) in [5.74, 6) is -0.806. The third-order valence-electron chi connectivity index (χ3n) is 12.4. The van der Waals surface area contributed by atoms with Crippen molar-refractivity contribution in [2.75, 3.05) is 47.5 Å². The van der Waals surface area contributed by atoms with Crippen molar-refractivity contribution in [2.24, 2.45) is 0 Å². The fraction of sp³-hybridized carbons (Fsp3) is 0.742. The number of carbonyl (C=O) groups excluding carboxylic acids is 2. The average Bonchev–Trinajstić information content (AvgIpc) is 3.34. The van der Waals surface area contributed by atoms with Crippen molar-refractivity contribution in [3.05, 3.63) is 85.1 Å². The normalized spacial score (nSPS) is 13.9. The van der Waals surface area contributed by atoms with Crippen molar-refractivity contribution in [3.63, 3.8) is 0 Å². The Morgan fingerprint density at radius 3 is 1.18 bits per heavy atom. The van der Waals surface area contributed by atoms with Crippen LogP contribution in [0.3, 0.4) is 0 Å². The van der Waals surface area contributed by atoms with Crippen molar-refractivity contribution in [1.82, 2.24) is 0 Å². The van der Waals surface area contributed by atoms with Crippen LogP contribution < -0.4 is 0 Å². The van der Waals surface area contributed by atoms with E-state index in [-0.39, 0.29) is 32.0 Å². The molecule has 0 spiro atoms. The van der Waals surface area contributed by atoms with Crippen LogP contribution in [0.4, 0.5) is 0 Å². The van der Waals surface area contributed by atoms with Crippen LogP contribution in [0.1, 0.15) is 245 Å². The predicted molar refractivity (Wildman–Crippen MR) is 307 cm³/mol. The maximum Gasteiger partial charge on any atom is 0.472 e. The molecular weight excluding hydrogens is 918 g/mol. The van der Waals surface area contributed by atoms with E-state index in [1.807, 2.05) is 21.1 Å². The topological polar surface area (TPSA) is 108 Å². The number of quaternary nitrogens is 1. The molecule has 10 heteroatoms. The van der Waals surface area contributed by atoms with Gasteiger partial charge in [-0.2, -0.15) is 0 Å². The molecule has 0 aliphatic heterocycles. The van der Waals surface area contributed by atoms with Crippen LogP contribution >= 0.6 is 7.82 Å². The van der Waals surface area contributed by atoms with Gasteiger partial charge in [0.25, 0.3) is 0 Å². The van der Waals surface area contributed by atoms with Crippen LogP contribution in [0.5, 0.6) is 0 Å². The molecular formula is C62H111NO8P+. The van der Waals surface area contributed by atoms with Crippen molar-refractivity contribution >= 4 is 19.8 Å². The minimum atomic E-state index is -4.39. The van der Waals surface area contributed by atoms with Crippen molar-refractivity contribution in [1.29, 1.82) is 0 Å². The number of unbranched alkanes of at least 4 members (excludes halogenated alkanes) is 25. The summed E-state index contributed by atoms with van der Waals surface area (Å²) in [6, 6.07) is 0. The molecule has 1 N–H and O–H groups in total. The number of hydrogen-bond acceptors (Lipinski definition) is 7. The van der Waals surface area contributed by atoms with E-state index in [0.29, 0.717) is 17.4 Å². The summed E-state index contributed by atoms with van der Waals surface area (Å²) in [6.07, 6.45) is 70.7. The fourth-order valence-corrected chi connectivity index (χ4v) is 8.64. The van der Waals surface area contributed by atoms with Crippen molar-refractivity contribution < 1.29 is 42.1 Å². The second-order valence-electron chi connectivity index (χ2n) is 20.6. The number of ether oxygens (including phenoxy) is 2. The Kier molecular flexibility index (Phi) is 51.0. The highest BCUT2D eigenvalue weighted by molar-refractivity contribution is 7.47. The third-order valence-corrected chi connectivity index (χ3v) is 13.4. The molecule has 416 valence electrons. The molecule has 0 rings (SSSR count). The summed E-state index contributed by atoms with van der Waals surface area (Å²) in [5, 5.41) is 0. The summed E-state index contributed by atoms with van der Waals surface area (Å²) in [6.45, 7) is 4.31. The van der Waals surface area contributed by atoms with E-state index in [1.165, 1.54) is 128 Å². The van der Waals surface area contributed by atoms with E-state index < -0.39 is 26.5 Å². The van der Waals surface area contributed by atoms with Crippen molar-refractivity contribution in [2.45, 2.75) is 251 Å². The maximum atomic E-state index is 12.8. The summed E-state index contributed by atoms with van der Waals surface area (Å²) in [7, 11) is 1.47. The van der Waals surface area contributed by atoms with Crippen LogP contribution in [0.25, 0.3) is 0 Å². The standard InChI is InChI=1S/C62H110NO8P/c1-6-8-10-12-14-16-18-20-22-24-26-28-30-31-33-35-37-39-41-43-45-47-49-51-53-55-62(65)71-60(59-70-72(66,67)69-57-56-63(3,4)5)58-68-61(64)54-52-50-48-46-44-42-40-38-36-34-32-29-27-25-23-21-19-17-15-13-11-9-7-2/h8,10,14,16,19-22,25-28,31,33,60H,6-7,9,11-13,15,17-18,23-24,29-30,32,34-59H2,1-5H3/p+1/b10-8-,16-14-,21-19-,22-20-,27-25-,28-26-,33-31-. The van der Waals surface area contributed by atoms with Crippen LogP contribution in [0.2, 0.25) is 0 Å². The Balaban J connectivity index is 4.20. The second kappa shape index (κ2) is 53.0. The molecule has 0 aromatic carbocycles. The lowest BCUT2D eigenvalue weighted by molar-refractivity contribution is -0.870. The summed E-state index contributed by atoms with van der Waals surface area (Å²) in [5.41, 5.74) is 0. The zero-order valence-corrected chi connectivity index (χ0v) is 48.0. The molecule has 0 aliphatic carbocycles. The lowest BCUT2D eigenvalue weighted by Crippen LogP contribution is -2.37. The highest BCUT2D eigenvalue weighted by Crippen LogP contribution is 2.43. The van der Waals surface area contributed by atoms with Crippen LogP contribution in [0, 0.1) is 0 Å². The van der Waals surface area contributed by atoms with Gasteiger partial charge in [-0.05, 0) is 89.9 Å². The molecule has 9 nitrogen and oxygen atoms in total. The number of phosphoric acid groups is 1. The van der Waals surface area contributed by atoms with E-state index in [1.54, 1.807) is 0 Å². The molecule has 0 fully saturated rings. The first-order valence-electron chi connectivity index (χ1n) is 29.3. The van der Waals surface area contributed by atoms with Crippen LogP contribution in [-0.2, 0) is 32.7 Å². The van der Waals surface area contributed by atoms with Gasteiger partial charge in [-0.25, -0.2) is 4.57 Å². The van der Waals surface area contributed by atoms with E-state index in [9.17, 15) is 19.0 Å². The van der Waals surface area contributed by atoms with E-state index >= 15 is 0 Å². The van der Waals surface area contributed by atoms with Crippen LogP contribution in [-0.4, -0.2) is 74.9 Å². The van der Waals surface area contributed by atoms with E-state index in [2.05, 4.69) is 98.9 Å². The van der Waals surface area contributed by atoms with Gasteiger partial charge in [-0.1, -0.05) is 227 Å². The van der Waals surface area contributed by atoms with Gasteiger partial charge in [0.05, 0.1) is 27.7 Å². The summed E-state index contributed by atoms with van der Waals surface area (Å²) >= 11 is 0. The zero-order chi connectivity index (χ0) is 52.7. The fourth-order valence-electron chi connectivity index (χ4n) is 7.90. The number of nitrogens with zero attached hydrogens (tertiary/aromatic N) is 1. The molecule has 2 atom stereocenters. The molecule has 0 saturated carbocycles. The van der Waals surface area contributed by atoms with Crippen LogP contribution in [0.15, 0.2) is 85.1 Å². The Bertz CT molecular complexity index is 1490. The zero-order valence-electron chi connectivity index (χ0n) is 47.1. The number of esters is 2. The number of phosphoric ester groups is 1. The quantitative estimate of drug-likeness (QED) is 0.0211. The number of hydrogen-bond donors (Lipinski definition) is 1. The highest BCUT2D eigenvalue weighted by atomic mass is 31.2. The van der Waals surface area contributed by atoms with Gasteiger partial charge in [-0.3, -0.25) is 18.6 Å². The number of allylic oxidation sites excluding steroid dienone is 14. The SMILES string of the molecule is CC/C=C\C/C=C\C/C=C\C/C=C\C/C=C\CCCCCCCCCCCC(=O)OC(COC(=O)CCCCCCCCCCCCC/C=C\C/C=C\CCCCCCC)COP(=O)(O)OCC[N+](C)(C)C. The second-order valence-corrected chi connectivity index (χ2v) is 22.1. The molecule has 2 unspecified atom stereocenters. The highest BCUT2D eigenvalue weighted by Gasteiger charge is 2.27. The Morgan fingerprint density at radius 1 is 0.444 bits per heavy atom. The Morgan fingerprint density at radius 2 is 0.792 bits per heavy atom. The molecule has 0 aromatic heterocycles. The first kappa shape index (κ1) is 69.2. The van der Waals surface area contributed by atoms with Gasteiger partial charge in [0, 0.05) is 12.8 Å². The molecule has 0 saturated heterocycles. The lowest BCUT2D eigenvalue weighted by atomic mass is 10.0. The average molecular weight is 1030 g/mol. The Labute approximate surface area is 443 Å². The van der Waals surface area contributed by atoms with Gasteiger partial charge in [0.2, 0.25) is 0 Å². The van der Waals surface area contributed by atoms with E-state index in [4.69, 9.17) is 18.5 Å². The molecule has 0 radical (unpaired) electrons. The molecule has 0 aromatic rings. The largest absolute Gasteiger partial charge is 0.472 e. The third kappa shape index (κ3) is 56.5. The first-order valence-corrected chi connectivity index (χ1v) is 30.8. The molecule has 0 aliphatic rings. The molecule has 0 heterocycles. The van der Waals surface area contributed by atoms with Gasteiger partial charge in [0.15, 0.2) is 6.10 Å². The summed E-state index contributed by atoms with van der Waals surface area (Å²) in [4.78, 5) is 35.7. The number of rotatable bonds is 53. The Hall–Kier alpha value is -2.81. The predicted octanol–water partition coefficient (Wildman–Crippen LogP) is 18.3. The minimum Gasteiger partial charge on any atom is -0.462 e. The smallest absolute Gasteiger partial charge is 0.462 e. The van der Waals surface area contributed by atoms with E-state index in [0.717, 1.165) is 83.5 Å². The maximum absolute atomic E-state index is 12.8. The van der Waals surface area contributed by atoms with Gasteiger partial charge >= 0.3 is 19.8 Å². The minimum absolute atomic E-state index is 0.0266. The molecule has 0 amide bonds. The molecule has 0 bridgehead atoms. The van der Waals surface area contributed by atoms with Gasteiger partial charge < -0.3 is 18.9 Å². The number of likely N-dealkylation sites (N-methyl/N-ethyl adjacent to an activating group) is 1. The monoisotopic (exact) mass is 1030 g/mol.